The molecule has 0 spiro atoms. The molecule has 0 atom stereocenters. The molecule has 2 N–H and O–H groups in total. The third kappa shape index (κ3) is 3.77. The van der Waals surface area contributed by atoms with E-state index in [-0.39, 0.29) is 22.1 Å². The normalized spacial score (nSPS) is 11.6. The number of carbonyl (C=O) groups excluding carboxylic acids is 1. The summed E-state index contributed by atoms with van der Waals surface area (Å²) in [5.74, 6) is -0.511. The number of alkyl halides is 3. The van der Waals surface area contributed by atoms with Crippen LogP contribution in [0.4, 0.5) is 18.9 Å². The fraction of sp³-hybridized carbons (Fsp3) is 0.0526. The van der Waals surface area contributed by atoms with Crippen LogP contribution in [0.2, 0.25) is 5.02 Å². The maximum atomic E-state index is 13.4. The van der Waals surface area contributed by atoms with Crippen LogP contribution >= 0.6 is 11.6 Å². The van der Waals surface area contributed by atoms with Crippen molar-refractivity contribution in [3.05, 3.63) is 71.3 Å². The zero-order valence-electron chi connectivity index (χ0n) is 14.5. The summed E-state index contributed by atoms with van der Waals surface area (Å²) in [4.78, 5) is 27.2. The highest BCUT2D eigenvalue weighted by Gasteiger charge is 2.34. The van der Waals surface area contributed by atoms with Crippen LogP contribution in [-0.4, -0.2) is 25.8 Å². The van der Waals surface area contributed by atoms with Crippen molar-refractivity contribution in [1.82, 2.24) is 19.9 Å². The number of hydrogen-bond acceptors (Lipinski definition) is 4. The summed E-state index contributed by atoms with van der Waals surface area (Å²) in [5.41, 5.74) is 0.127. The molecule has 0 bridgehead atoms. The van der Waals surface area contributed by atoms with Crippen LogP contribution in [0.25, 0.3) is 22.4 Å². The fourth-order valence-corrected chi connectivity index (χ4v) is 2.99. The number of nitrogens with zero attached hydrogens (tertiary/aromatic N) is 3. The molecule has 0 unspecified atom stereocenters. The number of para-hydroxylation sites is 1. The number of amides is 1. The number of carbonyl (C=O) groups is 1. The molecule has 2 aromatic carbocycles. The van der Waals surface area contributed by atoms with Crippen molar-refractivity contribution in [2.24, 2.45) is 0 Å². The minimum atomic E-state index is -4.61. The van der Waals surface area contributed by atoms with Crippen LogP contribution in [0, 0.1) is 0 Å². The zero-order valence-corrected chi connectivity index (χ0v) is 15.2. The molecule has 146 valence electrons. The molecule has 0 saturated carbocycles. The van der Waals surface area contributed by atoms with Gasteiger partial charge in [0.15, 0.2) is 0 Å². The van der Waals surface area contributed by atoms with E-state index in [2.05, 4.69) is 25.3 Å². The van der Waals surface area contributed by atoms with E-state index in [1.807, 2.05) is 0 Å². The maximum absolute atomic E-state index is 13.4. The number of H-pyrrole nitrogens is 1. The number of halogens is 4. The summed E-state index contributed by atoms with van der Waals surface area (Å²) in [6.07, 6.45) is -0.500. The Balaban J connectivity index is 1.77. The molecule has 0 aliphatic heterocycles. The third-order valence-corrected chi connectivity index (χ3v) is 4.33. The molecule has 0 radical (unpaired) electrons. The number of hydrogen-bond donors (Lipinski definition) is 2. The molecule has 10 heteroatoms. The van der Waals surface area contributed by atoms with E-state index < -0.39 is 17.6 Å². The average molecular weight is 418 g/mol. The topological polar surface area (TPSA) is 83.6 Å². The Morgan fingerprint density at radius 3 is 2.69 bits per heavy atom. The summed E-state index contributed by atoms with van der Waals surface area (Å²) >= 11 is 5.74. The second-order valence-electron chi connectivity index (χ2n) is 6.02. The van der Waals surface area contributed by atoms with E-state index in [4.69, 9.17) is 11.6 Å². The van der Waals surface area contributed by atoms with Crippen molar-refractivity contribution >= 4 is 34.2 Å². The number of imidazole rings is 1. The Labute approximate surface area is 166 Å². The first-order chi connectivity index (χ1) is 13.8. The van der Waals surface area contributed by atoms with E-state index in [1.54, 1.807) is 18.2 Å². The molecule has 29 heavy (non-hydrogen) atoms. The van der Waals surface area contributed by atoms with Crippen LogP contribution in [0.3, 0.4) is 0 Å². The lowest BCUT2D eigenvalue weighted by Crippen LogP contribution is -2.14. The number of anilines is 1. The van der Waals surface area contributed by atoms with Crippen LogP contribution in [0.15, 0.2) is 55.0 Å². The van der Waals surface area contributed by atoms with Crippen LogP contribution < -0.4 is 5.32 Å². The highest BCUT2D eigenvalue weighted by Crippen LogP contribution is 2.38. The summed E-state index contributed by atoms with van der Waals surface area (Å²) in [5, 5.41) is 2.62. The van der Waals surface area contributed by atoms with Gasteiger partial charge < -0.3 is 10.3 Å². The highest BCUT2D eigenvalue weighted by atomic mass is 35.5. The fourth-order valence-electron chi connectivity index (χ4n) is 2.82. The Bertz CT molecular complexity index is 1210. The van der Waals surface area contributed by atoms with Crippen molar-refractivity contribution in [1.29, 1.82) is 0 Å². The summed E-state index contributed by atoms with van der Waals surface area (Å²) in [6.45, 7) is 0. The van der Waals surface area contributed by atoms with Gasteiger partial charge in [-0.25, -0.2) is 9.97 Å². The van der Waals surface area contributed by atoms with Gasteiger partial charge in [-0.15, -0.1) is 0 Å². The molecule has 0 saturated heterocycles. The van der Waals surface area contributed by atoms with Crippen molar-refractivity contribution in [3.8, 4) is 11.4 Å². The van der Waals surface area contributed by atoms with Crippen molar-refractivity contribution in [2.45, 2.75) is 6.18 Å². The smallest absolute Gasteiger partial charge is 0.338 e. The first-order valence-corrected chi connectivity index (χ1v) is 8.64. The van der Waals surface area contributed by atoms with Gasteiger partial charge in [0.05, 0.1) is 23.0 Å². The lowest BCUT2D eigenvalue weighted by Gasteiger charge is -2.11. The van der Waals surface area contributed by atoms with E-state index in [0.29, 0.717) is 16.7 Å². The molecule has 2 aromatic heterocycles. The van der Waals surface area contributed by atoms with Gasteiger partial charge >= 0.3 is 6.18 Å². The predicted molar refractivity (Wildman–Crippen MR) is 102 cm³/mol. The average Bonchev–Trinajstić information content (AvgIpc) is 3.13. The monoisotopic (exact) mass is 417 g/mol. The summed E-state index contributed by atoms with van der Waals surface area (Å²) < 4.78 is 40.3. The zero-order chi connectivity index (χ0) is 20.6. The summed E-state index contributed by atoms with van der Waals surface area (Å²) in [7, 11) is 0. The van der Waals surface area contributed by atoms with Crippen LogP contribution in [0.1, 0.15) is 16.1 Å². The molecule has 0 aliphatic carbocycles. The number of fused-ring (bicyclic) bond motifs is 1. The van der Waals surface area contributed by atoms with Gasteiger partial charge in [0.25, 0.3) is 5.91 Å². The second kappa shape index (κ2) is 7.17. The van der Waals surface area contributed by atoms with E-state index in [0.717, 1.165) is 6.07 Å². The number of benzene rings is 2. The molecular formula is C19H11ClF3N5O. The summed E-state index contributed by atoms with van der Waals surface area (Å²) in [6, 6.07) is 8.33. The van der Waals surface area contributed by atoms with Gasteiger partial charge in [0.2, 0.25) is 0 Å². The van der Waals surface area contributed by atoms with E-state index in [1.165, 1.54) is 30.7 Å². The molecule has 0 fully saturated rings. The van der Waals surface area contributed by atoms with Crippen LogP contribution in [-0.2, 0) is 6.18 Å². The lowest BCUT2D eigenvalue weighted by molar-refractivity contribution is -0.137. The maximum Gasteiger partial charge on any atom is 0.417 e. The number of rotatable bonds is 3. The van der Waals surface area contributed by atoms with Gasteiger partial charge in [-0.3, -0.25) is 9.78 Å². The van der Waals surface area contributed by atoms with Crippen LogP contribution in [0.5, 0.6) is 0 Å². The minimum Gasteiger partial charge on any atom is -0.338 e. The molecule has 2 heterocycles. The van der Waals surface area contributed by atoms with E-state index >= 15 is 0 Å². The first kappa shape index (κ1) is 18.9. The van der Waals surface area contributed by atoms with Gasteiger partial charge in [-0.05, 0) is 30.3 Å². The Morgan fingerprint density at radius 1 is 1.14 bits per heavy atom. The lowest BCUT2D eigenvalue weighted by atomic mass is 10.1. The quantitative estimate of drug-likeness (QED) is 0.494. The highest BCUT2D eigenvalue weighted by molar-refractivity contribution is 6.30. The Kier molecular flexibility index (Phi) is 4.67. The minimum absolute atomic E-state index is 0.00481. The third-order valence-electron chi connectivity index (χ3n) is 4.10. The molecule has 4 rings (SSSR count). The van der Waals surface area contributed by atoms with E-state index in [9.17, 15) is 18.0 Å². The molecule has 4 aromatic rings. The SMILES string of the molecule is O=C(Nc1cccc2[nH]c(-c3ccc(Cl)cc3C(F)(F)F)nc12)c1cnccn1. The van der Waals surface area contributed by atoms with Gasteiger partial charge in [-0.2, -0.15) is 13.2 Å². The van der Waals surface area contributed by atoms with Crippen molar-refractivity contribution < 1.29 is 18.0 Å². The number of aromatic amines is 1. The Morgan fingerprint density at radius 2 is 1.97 bits per heavy atom. The first-order valence-electron chi connectivity index (χ1n) is 8.26. The van der Waals surface area contributed by atoms with Crippen molar-refractivity contribution in [2.75, 3.05) is 5.32 Å². The van der Waals surface area contributed by atoms with Crippen molar-refractivity contribution in [3.63, 3.8) is 0 Å². The molecule has 1 amide bonds. The molecular weight excluding hydrogens is 407 g/mol. The van der Waals surface area contributed by atoms with Gasteiger partial charge in [0.1, 0.15) is 17.0 Å². The second-order valence-corrected chi connectivity index (χ2v) is 6.46. The molecule has 0 aliphatic rings. The van der Waals surface area contributed by atoms with Gasteiger partial charge in [-0.1, -0.05) is 17.7 Å². The Hall–Kier alpha value is -3.46. The standard InChI is InChI=1S/C19H11ClF3N5O/c20-10-4-5-11(12(8-10)19(21,22)23)17-26-13-2-1-3-14(16(13)28-17)27-18(29)15-9-24-6-7-25-15/h1-9H,(H,26,28)(H,27,29). The van der Waals surface area contributed by atoms with Gasteiger partial charge in [0, 0.05) is 23.0 Å². The predicted octanol–water partition coefficient (Wildman–Crippen LogP) is 4.94. The molecule has 6 nitrogen and oxygen atoms in total. The largest absolute Gasteiger partial charge is 0.417 e. The number of aromatic nitrogens is 4. The number of nitrogens with one attached hydrogen (secondary N) is 2.